The summed E-state index contributed by atoms with van der Waals surface area (Å²) >= 11 is 0. The van der Waals surface area contributed by atoms with Crippen LogP contribution in [0.15, 0.2) is 24.3 Å². The van der Waals surface area contributed by atoms with Crippen molar-refractivity contribution in [2.45, 2.75) is 26.1 Å². The number of halogens is 3. The SMILES string of the molecule is CC(C)[C@H](NC(=O)c1ccccc1C(F)(F)F)C(N)=O. The fraction of sp³-hybridized carbons (Fsp3) is 0.385. The number of carbonyl (C=O) groups excluding carboxylic acids is 2. The van der Waals surface area contributed by atoms with E-state index in [1.54, 1.807) is 13.8 Å². The first-order valence-electron chi connectivity index (χ1n) is 5.91. The average molecular weight is 288 g/mol. The molecule has 1 aromatic carbocycles. The van der Waals surface area contributed by atoms with Gasteiger partial charge < -0.3 is 11.1 Å². The van der Waals surface area contributed by atoms with Crippen molar-refractivity contribution in [3.63, 3.8) is 0 Å². The summed E-state index contributed by atoms with van der Waals surface area (Å²) in [5.74, 6) is -2.09. The number of amides is 2. The smallest absolute Gasteiger partial charge is 0.368 e. The van der Waals surface area contributed by atoms with E-state index in [4.69, 9.17) is 5.73 Å². The molecule has 0 aliphatic heterocycles. The maximum Gasteiger partial charge on any atom is 0.417 e. The molecule has 1 rings (SSSR count). The summed E-state index contributed by atoms with van der Waals surface area (Å²) in [4.78, 5) is 23.1. The summed E-state index contributed by atoms with van der Waals surface area (Å²) in [6, 6.07) is 3.34. The zero-order valence-corrected chi connectivity index (χ0v) is 11.0. The molecule has 1 aromatic rings. The van der Waals surface area contributed by atoms with Crippen LogP contribution in [0.5, 0.6) is 0 Å². The highest BCUT2D eigenvalue weighted by atomic mass is 19.4. The standard InChI is InChI=1S/C13H15F3N2O2/c1-7(2)10(11(17)19)18-12(20)8-5-3-4-6-9(8)13(14,15)16/h3-7,10H,1-2H3,(H2,17,19)(H,18,20)/t10-/m0/s1. The molecule has 0 spiro atoms. The van der Waals surface area contributed by atoms with Crippen molar-refractivity contribution in [1.29, 1.82) is 0 Å². The van der Waals surface area contributed by atoms with E-state index in [9.17, 15) is 22.8 Å². The van der Waals surface area contributed by atoms with Gasteiger partial charge in [0.05, 0.1) is 11.1 Å². The summed E-state index contributed by atoms with van der Waals surface area (Å²) in [6.07, 6.45) is -4.64. The van der Waals surface area contributed by atoms with Gasteiger partial charge in [-0.15, -0.1) is 0 Å². The van der Waals surface area contributed by atoms with E-state index in [-0.39, 0.29) is 5.92 Å². The minimum atomic E-state index is -4.64. The van der Waals surface area contributed by atoms with E-state index in [0.29, 0.717) is 0 Å². The van der Waals surface area contributed by atoms with Crippen LogP contribution in [0.1, 0.15) is 29.8 Å². The van der Waals surface area contributed by atoms with Crippen LogP contribution in [0.25, 0.3) is 0 Å². The minimum absolute atomic E-state index is 0.325. The zero-order valence-electron chi connectivity index (χ0n) is 11.0. The van der Waals surface area contributed by atoms with E-state index in [0.717, 1.165) is 12.1 Å². The van der Waals surface area contributed by atoms with E-state index in [2.05, 4.69) is 5.32 Å². The lowest BCUT2D eigenvalue weighted by Gasteiger charge is -2.20. The summed E-state index contributed by atoms with van der Waals surface area (Å²) in [6.45, 7) is 3.26. The number of benzene rings is 1. The van der Waals surface area contributed by atoms with Gasteiger partial charge in [-0.3, -0.25) is 9.59 Å². The molecule has 0 bridgehead atoms. The molecule has 0 saturated heterocycles. The Balaban J connectivity index is 3.07. The van der Waals surface area contributed by atoms with E-state index >= 15 is 0 Å². The number of alkyl halides is 3. The number of nitrogens with two attached hydrogens (primary N) is 1. The number of nitrogens with one attached hydrogen (secondary N) is 1. The summed E-state index contributed by atoms with van der Waals surface area (Å²) in [5, 5.41) is 2.23. The highest BCUT2D eigenvalue weighted by Crippen LogP contribution is 2.31. The Kier molecular flexibility index (Phi) is 4.75. The van der Waals surface area contributed by atoms with Gasteiger partial charge in [0.1, 0.15) is 6.04 Å². The predicted molar refractivity (Wildman–Crippen MR) is 66.7 cm³/mol. The molecule has 0 aliphatic carbocycles. The minimum Gasteiger partial charge on any atom is -0.368 e. The molecular weight excluding hydrogens is 273 g/mol. The molecule has 7 heteroatoms. The van der Waals surface area contributed by atoms with Gasteiger partial charge in [-0.05, 0) is 18.1 Å². The topological polar surface area (TPSA) is 72.2 Å². The van der Waals surface area contributed by atoms with Crippen LogP contribution in [0.2, 0.25) is 0 Å². The predicted octanol–water partition coefficient (Wildman–Crippen LogP) is 1.95. The number of carbonyl (C=O) groups is 2. The first-order chi connectivity index (χ1) is 9.14. The fourth-order valence-electron chi connectivity index (χ4n) is 1.71. The molecule has 0 aromatic heterocycles. The molecule has 110 valence electrons. The zero-order chi connectivity index (χ0) is 15.5. The molecule has 0 heterocycles. The third kappa shape index (κ3) is 3.72. The summed E-state index contributed by atoms with van der Waals surface area (Å²) in [7, 11) is 0. The Morgan fingerprint density at radius 3 is 2.20 bits per heavy atom. The molecule has 20 heavy (non-hydrogen) atoms. The highest BCUT2D eigenvalue weighted by molar-refractivity contribution is 5.98. The summed E-state index contributed by atoms with van der Waals surface area (Å²) < 4.78 is 38.4. The Bertz CT molecular complexity index is 513. The van der Waals surface area contributed by atoms with Crippen molar-refractivity contribution < 1.29 is 22.8 Å². The Morgan fingerprint density at radius 1 is 1.20 bits per heavy atom. The molecule has 2 amide bonds. The van der Waals surface area contributed by atoms with Crippen molar-refractivity contribution in [3.8, 4) is 0 Å². The van der Waals surface area contributed by atoms with E-state index < -0.39 is 35.2 Å². The lowest BCUT2D eigenvalue weighted by Crippen LogP contribution is -2.48. The molecule has 1 atom stereocenters. The van der Waals surface area contributed by atoms with Gasteiger partial charge in [-0.2, -0.15) is 13.2 Å². The molecule has 0 aliphatic rings. The van der Waals surface area contributed by atoms with Crippen LogP contribution in [-0.2, 0) is 11.0 Å². The molecular formula is C13H15F3N2O2. The third-order valence-corrected chi connectivity index (χ3v) is 2.74. The maximum absolute atomic E-state index is 12.8. The van der Waals surface area contributed by atoms with Gasteiger partial charge in [-0.1, -0.05) is 26.0 Å². The monoisotopic (exact) mass is 288 g/mol. The lowest BCUT2D eigenvalue weighted by molar-refractivity contribution is -0.137. The molecule has 3 N–H and O–H groups in total. The second-order valence-corrected chi connectivity index (χ2v) is 4.64. The van der Waals surface area contributed by atoms with Crippen LogP contribution < -0.4 is 11.1 Å². The van der Waals surface area contributed by atoms with E-state index in [1.807, 2.05) is 0 Å². The van der Waals surface area contributed by atoms with E-state index in [1.165, 1.54) is 12.1 Å². The first-order valence-corrected chi connectivity index (χ1v) is 5.91. The average Bonchev–Trinajstić information content (AvgIpc) is 2.33. The number of primary amides is 1. The largest absolute Gasteiger partial charge is 0.417 e. The van der Waals surface area contributed by atoms with Crippen LogP contribution in [-0.4, -0.2) is 17.9 Å². The Hall–Kier alpha value is -2.05. The number of hydrogen-bond donors (Lipinski definition) is 2. The Labute approximate surface area is 114 Å². The van der Waals surface area contributed by atoms with Crippen molar-refractivity contribution in [3.05, 3.63) is 35.4 Å². The Morgan fingerprint density at radius 2 is 1.75 bits per heavy atom. The van der Waals surface area contributed by atoms with Crippen LogP contribution >= 0.6 is 0 Å². The molecule has 0 saturated carbocycles. The lowest BCUT2D eigenvalue weighted by atomic mass is 10.0. The molecule has 0 unspecified atom stereocenters. The van der Waals surface area contributed by atoms with Gasteiger partial charge in [0.2, 0.25) is 5.91 Å². The second-order valence-electron chi connectivity index (χ2n) is 4.64. The molecule has 4 nitrogen and oxygen atoms in total. The third-order valence-electron chi connectivity index (χ3n) is 2.74. The van der Waals surface area contributed by atoms with Gasteiger partial charge in [-0.25, -0.2) is 0 Å². The van der Waals surface area contributed by atoms with Crippen molar-refractivity contribution >= 4 is 11.8 Å². The molecule has 0 radical (unpaired) electrons. The van der Waals surface area contributed by atoms with Gasteiger partial charge in [0, 0.05) is 0 Å². The van der Waals surface area contributed by atoms with Crippen molar-refractivity contribution in [2.75, 3.05) is 0 Å². The maximum atomic E-state index is 12.8. The highest BCUT2D eigenvalue weighted by Gasteiger charge is 2.35. The quantitative estimate of drug-likeness (QED) is 0.888. The van der Waals surface area contributed by atoms with Crippen molar-refractivity contribution in [2.24, 2.45) is 11.7 Å². The van der Waals surface area contributed by atoms with Gasteiger partial charge in [0.15, 0.2) is 0 Å². The molecule has 0 fully saturated rings. The first kappa shape index (κ1) is 16.0. The number of rotatable bonds is 4. The normalized spacial score (nSPS) is 13.1. The fourth-order valence-corrected chi connectivity index (χ4v) is 1.71. The van der Waals surface area contributed by atoms with Gasteiger partial charge in [0.25, 0.3) is 5.91 Å². The summed E-state index contributed by atoms with van der Waals surface area (Å²) in [5.41, 5.74) is 3.53. The number of hydrogen-bond acceptors (Lipinski definition) is 2. The second kappa shape index (κ2) is 5.94. The van der Waals surface area contributed by atoms with Crippen LogP contribution in [0, 0.1) is 5.92 Å². The van der Waals surface area contributed by atoms with Crippen LogP contribution in [0.4, 0.5) is 13.2 Å². The van der Waals surface area contributed by atoms with Gasteiger partial charge >= 0.3 is 6.18 Å². The van der Waals surface area contributed by atoms with Crippen molar-refractivity contribution in [1.82, 2.24) is 5.32 Å². The van der Waals surface area contributed by atoms with Crippen LogP contribution in [0.3, 0.4) is 0 Å².